The molecule has 1 saturated heterocycles. The molecule has 1 heterocycles. The van der Waals surface area contributed by atoms with Gasteiger partial charge in [0.25, 0.3) is 0 Å². The Morgan fingerprint density at radius 2 is 2.33 bits per heavy atom. The number of hydrogen-bond donors (Lipinski definition) is 2. The number of carboxylic acid groups (broad SMARTS) is 1. The highest BCUT2D eigenvalue weighted by Crippen LogP contribution is 2.41. The number of ether oxygens (including phenoxy) is 1. The second kappa shape index (κ2) is 2.12. The zero-order chi connectivity index (χ0) is 8.77. The Morgan fingerprint density at radius 3 is 2.67 bits per heavy atom. The van der Waals surface area contributed by atoms with E-state index in [1.807, 2.05) is 0 Å². The van der Waals surface area contributed by atoms with Crippen LogP contribution < -0.4 is 5.32 Å². The summed E-state index contributed by atoms with van der Waals surface area (Å²) in [6, 6.07) is -0.848. The minimum absolute atomic E-state index is 0.609. The van der Waals surface area contributed by atoms with Gasteiger partial charge in [0.2, 0.25) is 0 Å². The summed E-state index contributed by atoms with van der Waals surface area (Å²) < 4.78 is 4.93. The average Bonchev–Trinajstić information content (AvgIpc) is 2.25. The Labute approximate surface area is 68.7 Å². The molecule has 2 N–H and O–H groups in total. The number of rotatable bonds is 1. The summed E-state index contributed by atoms with van der Waals surface area (Å²) in [7, 11) is 0. The molecule has 1 spiro atoms. The fourth-order valence-electron chi connectivity index (χ4n) is 1.73. The minimum atomic E-state index is -1.01. The summed E-state index contributed by atoms with van der Waals surface area (Å²) in [5, 5.41) is 11.0. The SMILES string of the molecule is O=C1NC(C(=O)O)C2(CCC2)O1. The molecule has 12 heavy (non-hydrogen) atoms. The minimum Gasteiger partial charge on any atom is -0.480 e. The summed E-state index contributed by atoms with van der Waals surface area (Å²) in [5.74, 6) is -1.01. The molecule has 0 radical (unpaired) electrons. The van der Waals surface area contributed by atoms with Crippen LogP contribution in [0.4, 0.5) is 4.79 Å². The highest BCUT2D eigenvalue weighted by atomic mass is 16.6. The first kappa shape index (κ1) is 7.39. The maximum atomic E-state index is 10.8. The first-order chi connectivity index (χ1) is 5.64. The number of aliphatic carboxylic acids is 1. The van der Waals surface area contributed by atoms with Gasteiger partial charge in [0.15, 0.2) is 6.04 Å². The van der Waals surface area contributed by atoms with Crippen molar-refractivity contribution in [2.75, 3.05) is 0 Å². The molecule has 2 aliphatic rings. The molecule has 1 aliphatic carbocycles. The monoisotopic (exact) mass is 171 g/mol. The quantitative estimate of drug-likeness (QED) is 0.586. The lowest BCUT2D eigenvalue weighted by Crippen LogP contribution is -2.53. The number of alkyl carbamates (subject to hydrolysis) is 1. The summed E-state index contributed by atoms with van der Waals surface area (Å²) in [5.41, 5.74) is -0.733. The van der Waals surface area contributed by atoms with Gasteiger partial charge in [0.05, 0.1) is 0 Å². The van der Waals surface area contributed by atoms with E-state index in [4.69, 9.17) is 9.84 Å². The fraction of sp³-hybridized carbons (Fsp3) is 0.714. The predicted octanol–water partition coefficient (Wildman–Crippen LogP) is 0.102. The van der Waals surface area contributed by atoms with Crippen molar-refractivity contribution < 1.29 is 19.4 Å². The van der Waals surface area contributed by atoms with E-state index in [2.05, 4.69) is 5.32 Å². The van der Waals surface area contributed by atoms with Gasteiger partial charge < -0.3 is 15.2 Å². The number of carbonyl (C=O) groups is 2. The largest absolute Gasteiger partial charge is 0.480 e. The van der Waals surface area contributed by atoms with Crippen molar-refractivity contribution in [1.82, 2.24) is 5.32 Å². The second-order valence-electron chi connectivity index (χ2n) is 3.22. The highest BCUT2D eigenvalue weighted by Gasteiger charge is 2.56. The molecular weight excluding hydrogens is 162 g/mol. The van der Waals surface area contributed by atoms with Crippen LogP contribution in [0.2, 0.25) is 0 Å². The van der Waals surface area contributed by atoms with Gasteiger partial charge in [-0.1, -0.05) is 0 Å². The number of hydrogen-bond acceptors (Lipinski definition) is 3. The molecule has 0 bridgehead atoms. The first-order valence-corrected chi connectivity index (χ1v) is 3.86. The number of amides is 1. The van der Waals surface area contributed by atoms with Crippen LogP contribution in [0.1, 0.15) is 19.3 Å². The van der Waals surface area contributed by atoms with Crippen molar-refractivity contribution in [3.05, 3.63) is 0 Å². The molecule has 5 nitrogen and oxygen atoms in total. The third-order valence-electron chi connectivity index (χ3n) is 2.53. The van der Waals surface area contributed by atoms with E-state index in [1.54, 1.807) is 0 Å². The van der Waals surface area contributed by atoms with Gasteiger partial charge in [-0.05, 0) is 19.3 Å². The van der Waals surface area contributed by atoms with Gasteiger partial charge in [-0.15, -0.1) is 0 Å². The van der Waals surface area contributed by atoms with Crippen molar-refractivity contribution in [3.63, 3.8) is 0 Å². The normalized spacial score (nSPS) is 30.7. The van der Waals surface area contributed by atoms with Crippen molar-refractivity contribution in [3.8, 4) is 0 Å². The molecule has 0 aromatic heterocycles. The third-order valence-corrected chi connectivity index (χ3v) is 2.53. The van der Waals surface area contributed by atoms with Gasteiger partial charge >= 0.3 is 12.1 Å². The van der Waals surface area contributed by atoms with Crippen LogP contribution >= 0.6 is 0 Å². The van der Waals surface area contributed by atoms with Crippen LogP contribution in [0.3, 0.4) is 0 Å². The smallest absolute Gasteiger partial charge is 0.408 e. The highest BCUT2D eigenvalue weighted by molar-refractivity contribution is 5.85. The molecular formula is C7H9NO4. The molecule has 0 aromatic rings. The topological polar surface area (TPSA) is 75.6 Å². The van der Waals surface area contributed by atoms with Crippen molar-refractivity contribution in [1.29, 1.82) is 0 Å². The first-order valence-electron chi connectivity index (χ1n) is 3.86. The molecule has 2 fully saturated rings. The molecule has 1 unspecified atom stereocenters. The Hall–Kier alpha value is -1.26. The molecule has 66 valence electrons. The van der Waals surface area contributed by atoms with Crippen LogP contribution in [0.15, 0.2) is 0 Å². The van der Waals surface area contributed by atoms with Crippen LogP contribution in [0, 0.1) is 0 Å². The summed E-state index contributed by atoms with van der Waals surface area (Å²) in [6.07, 6.45) is 1.63. The zero-order valence-electron chi connectivity index (χ0n) is 6.37. The summed E-state index contributed by atoms with van der Waals surface area (Å²) in [4.78, 5) is 21.4. The molecule has 5 heteroatoms. The molecule has 2 rings (SSSR count). The van der Waals surface area contributed by atoms with E-state index in [9.17, 15) is 9.59 Å². The van der Waals surface area contributed by atoms with E-state index in [0.29, 0.717) is 12.8 Å². The van der Waals surface area contributed by atoms with Gasteiger partial charge in [-0.25, -0.2) is 9.59 Å². The molecule has 1 aliphatic heterocycles. The number of carbonyl (C=O) groups excluding carboxylic acids is 1. The standard InChI is InChI=1S/C7H9NO4/c9-5(10)4-7(2-1-3-7)12-6(11)8-4/h4H,1-3H2,(H,8,11)(H,9,10). The lowest BCUT2D eigenvalue weighted by atomic mass is 9.75. The summed E-state index contributed by atoms with van der Waals surface area (Å²) >= 11 is 0. The van der Waals surface area contributed by atoms with Crippen LogP contribution in [0.25, 0.3) is 0 Å². The molecule has 1 amide bonds. The van der Waals surface area contributed by atoms with Gasteiger partial charge in [0, 0.05) is 0 Å². The lowest BCUT2D eigenvalue weighted by Gasteiger charge is -2.37. The maximum absolute atomic E-state index is 10.8. The van der Waals surface area contributed by atoms with E-state index in [1.165, 1.54) is 0 Å². The van der Waals surface area contributed by atoms with Crippen LogP contribution in [0.5, 0.6) is 0 Å². The molecule has 1 saturated carbocycles. The van der Waals surface area contributed by atoms with Crippen molar-refractivity contribution in [2.45, 2.75) is 30.9 Å². The van der Waals surface area contributed by atoms with Gasteiger partial charge in [-0.3, -0.25) is 0 Å². The Morgan fingerprint density at radius 1 is 1.67 bits per heavy atom. The van der Waals surface area contributed by atoms with Crippen molar-refractivity contribution in [2.24, 2.45) is 0 Å². The Bertz CT molecular complexity index is 246. The molecule has 0 aromatic carbocycles. The van der Waals surface area contributed by atoms with Gasteiger partial charge in [-0.2, -0.15) is 0 Å². The maximum Gasteiger partial charge on any atom is 0.408 e. The second-order valence-corrected chi connectivity index (χ2v) is 3.22. The fourth-order valence-corrected chi connectivity index (χ4v) is 1.73. The van der Waals surface area contributed by atoms with Crippen LogP contribution in [-0.2, 0) is 9.53 Å². The van der Waals surface area contributed by atoms with E-state index < -0.39 is 23.7 Å². The van der Waals surface area contributed by atoms with Gasteiger partial charge in [0.1, 0.15) is 5.60 Å². The molecule has 1 atom stereocenters. The predicted molar refractivity (Wildman–Crippen MR) is 37.6 cm³/mol. The Balaban J connectivity index is 2.21. The summed E-state index contributed by atoms with van der Waals surface area (Å²) in [6.45, 7) is 0. The number of carboxylic acids is 1. The van der Waals surface area contributed by atoms with Crippen LogP contribution in [-0.4, -0.2) is 28.8 Å². The van der Waals surface area contributed by atoms with E-state index in [0.717, 1.165) is 6.42 Å². The number of nitrogens with one attached hydrogen (secondary N) is 1. The zero-order valence-corrected chi connectivity index (χ0v) is 6.37. The van der Waals surface area contributed by atoms with E-state index in [-0.39, 0.29) is 0 Å². The lowest BCUT2D eigenvalue weighted by molar-refractivity contribution is -0.146. The Kier molecular flexibility index (Phi) is 1.31. The average molecular weight is 171 g/mol. The third kappa shape index (κ3) is 0.790. The van der Waals surface area contributed by atoms with Crippen molar-refractivity contribution >= 4 is 12.1 Å². The van der Waals surface area contributed by atoms with E-state index >= 15 is 0 Å².